The molecule has 3 rings (SSSR count). The lowest BCUT2D eigenvalue weighted by atomic mass is 10.0. The first-order valence-corrected chi connectivity index (χ1v) is 9.72. The topological polar surface area (TPSA) is 93.0 Å². The molecule has 142 valence electrons. The van der Waals surface area contributed by atoms with Gasteiger partial charge in [-0.1, -0.05) is 43.8 Å². The molecule has 0 aliphatic rings. The fraction of sp³-hybridized carbons (Fsp3) is 0.316. The van der Waals surface area contributed by atoms with Gasteiger partial charge < -0.3 is 19.5 Å². The first-order chi connectivity index (χ1) is 13.1. The van der Waals surface area contributed by atoms with Crippen LogP contribution in [-0.2, 0) is 10.5 Å². The molecule has 0 fully saturated rings. The lowest BCUT2D eigenvalue weighted by Crippen LogP contribution is -2.02. The van der Waals surface area contributed by atoms with Gasteiger partial charge in [-0.3, -0.25) is 0 Å². The Kier molecular flexibility index (Phi) is 6.18. The van der Waals surface area contributed by atoms with Gasteiger partial charge in [0.05, 0.1) is 12.4 Å². The second kappa shape index (κ2) is 8.77. The zero-order chi connectivity index (χ0) is 19.2. The van der Waals surface area contributed by atoms with Gasteiger partial charge in [0, 0.05) is 5.69 Å². The molecular formula is C19H22N4O3S. The summed E-state index contributed by atoms with van der Waals surface area (Å²) in [5.74, 6) is 1.92. The summed E-state index contributed by atoms with van der Waals surface area (Å²) in [6, 6.07) is 11.5. The summed E-state index contributed by atoms with van der Waals surface area (Å²) in [5.41, 5.74) is 2.22. The second-order valence-electron chi connectivity index (χ2n) is 6.12. The maximum absolute atomic E-state index is 11.6. The SMILES string of the molecule is CCOC(=O)c1ccc(CSc2nnc(Nc3ccccc3C(C)C)[nH]2)o1. The van der Waals surface area contributed by atoms with Crippen LogP contribution in [-0.4, -0.2) is 27.8 Å². The number of nitrogens with one attached hydrogen (secondary N) is 2. The van der Waals surface area contributed by atoms with Crippen molar-refractivity contribution >= 4 is 29.4 Å². The molecular weight excluding hydrogens is 364 g/mol. The highest BCUT2D eigenvalue weighted by Gasteiger charge is 2.13. The molecule has 27 heavy (non-hydrogen) atoms. The first kappa shape index (κ1) is 19.0. The van der Waals surface area contributed by atoms with Crippen LogP contribution < -0.4 is 5.32 Å². The minimum atomic E-state index is -0.455. The fourth-order valence-corrected chi connectivity index (χ4v) is 3.22. The van der Waals surface area contributed by atoms with Gasteiger partial charge in [-0.05, 0) is 36.6 Å². The van der Waals surface area contributed by atoms with Gasteiger partial charge in [0.15, 0.2) is 5.16 Å². The molecule has 0 aliphatic heterocycles. The van der Waals surface area contributed by atoms with Gasteiger partial charge >= 0.3 is 5.97 Å². The Balaban J connectivity index is 1.60. The Morgan fingerprint density at radius 3 is 2.85 bits per heavy atom. The average molecular weight is 386 g/mol. The van der Waals surface area contributed by atoms with Crippen LogP contribution in [0.2, 0.25) is 0 Å². The van der Waals surface area contributed by atoms with E-state index >= 15 is 0 Å². The molecule has 0 saturated heterocycles. The van der Waals surface area contributed by atoms with E-state index < -0.39 is 5.97 Å². The van der Waals surface area contributed by atoms with Crippen molar-refractivity contribution in [2.24, 2.45) is 0 Å². The molecule has 1 aromatic carbocycles. The van der Waals surface area contributed by atoms with E-state index in [1.807, 2.05) is 18.2 Å². The molecule has 0 atom stereocenters. The van der Waals surface area contributed by atoms with Crippen LogP contribution in [0.1, 0.15) is 48.6 Å². The summed E-state index contributed by atoms with van der Waals surface area (Å²) < 4.78 is 10.4. The Hall–Kier alpha value is -2.74. The lowest BCUT2D eigenvalue weighted by Gasteiger charge is -2.12. The summed E-state index contributed by atoms with van der Waals surface area (Å²) in [5, 5.41) is 12.2. The van der Waals surface area contributed by atoms with Crippen molar-refractivity contribution in [1.82, 2.24) is 15.2 Å². The highest BCUT2D eigenvalue weighted by atomic mass is 32.2. The number of ether oxygens (including phenoxy) is 1. The van der Waals surface area contributed by atoms with Crippen LogP contribution in [0.3, 0.4) is 0 Å². The molecule has 7 nitrogen and oxygen atoms in total. The molecule has 0 saturated carbocycles. The Labute approximate surface area is 161 Å². The fourth-order valence-electron chi connectivity index (χ4n) is 2.52. The van der Waals surface area contributed by atoms with Crippen LogP contribution in [0.5, 0.6) is 0 Å². The number of esters is 1. The van der Waals surface area contributed by atoms with Gasteiger partial charge in [0.1, 0.15) is 5.76 Å². The molecule has 0 radical (unpaired) electrons. The van der Waals surface area contributed by atoms with E-state index in [1.54, 1.807) is 19.1 Å². The van der Waals surface area contributed by atoms with Gasteiger partial charge in [-0.15, -0.1) is 10.2 Å². The van der Waals surface area contributed by atoms with Crippen LogP contribution in [0.4, 0.5) is 11.6 Å². The number of H-pyrrole nitrogens is 1. The summed E-state index contributed by atoms with van der Waals surface area (Å²) in [7, 11) is 0. The molecule has 0 aliphatic carbocycles. The number of aromatic amines is 1. The van der Waals surface area contributed by atoms with Crippen molar-refractivity contribution in [3.63, 3.8) is 0 Å². The van der Waals surface area contributed by atoms with E-state index in [-0.39, 0.29) is 5.76 Å². The second-order valence-corrected chi connectivity index (χ2v) is 7.08. The predicted molar refractivity (Wildman–Crippen MR) is 104 cm³/mol. The number of benzene rings is 1. The first-order valence-electron chi connectivity index (χ1n) is 8.74. The summed E-state index contributed by atoms with van der Waals surface area (Å²) in [6.45, 7) is 6.37. The van der Waals surface area contributed by atoms with E-state index in [9.17, 15) is 4.79 Å². The number of para-hydroxylation sites is 1. The number of rotatable bonds is 8. The van der Waals surface area contributed by atoms with Gasteiger partial charge in [-0.2, -0.15) is 0 Å². The molecule has 0 amide bonds. The van der Waals surface area contributed by atoms with Crippen molar-refractivity contribution in [2.45, 2.75) is 37.6 Å². The third-order valence-corrected chi connectivity index (χ3v) is 4.68. The van der Waals surface area contributed by atoms with Gasteiger partial charge in [-0.25, -0.2) is 4.79 Å². The van der Waals surface area contributed by atoms with Crippen molar-refractivity contribution in [3.05, 3.63) is 53.5 Å². The van der Waals surface area contributed by atoms with E-state index in [0.717, 1.165) is 5.69 Å². The zero-order valence-corrected chi connectivity index (χ0v) is 16.3. The highest BCUT2D eigenvalue weighted by molar-refractivity contribution is 7.98. The smallest absolute Gasteiger partial charge is 0.374 e. The number of carbonyl (C=O) groups excluding carboxylic acids is 1. The summed E-state index contributed by atoms with van der Waals surface area (Å²) >= 11 is 1.44. The zero-order valence-electron chi connectivity index (χ0n) is 15.5. The van der Waals surface area contributed by atoms with Gasteiger partial charge in [0.25, 0.3) is 0 Å². The number of thioether (sulfide) groups is 1. The van der Waals surface area contributed by atoms with Crippen molar-refractivity contribution in [3.8, 4) is 0 Å². The molecule has 3 aromatic rings. The number of furan rings is 1. The Morgan fingerprint density at radius 1 is 1.26 bits per heavy atom. The van der Waals surface area contributed by atoms with E-state index in [2.05, 4.69) is 40.4 Å². The Morgan fingerprint density at radius 2 is 2.07 bits per heavy atom. The maximum atomic E-state index is 11.6. The minimum Gasteiger partial charge on any atom is -0.460 e. The van der Waals surface area contributed by atoms with Crippen LogP contribution in [0.15, 0.2) is 46.0 Å². The predicted octanol–water partition coefficient (Wildman–Crippen LogP) is 4.73. The molecule has 0 spiro atoms. The number of hydrogen-bond acceptors (Lipinski definition) is 7. The molecule has 0 bridgehead atoms. The van der Waals surface area contributed by atoms with Crippen molar-refractivity contribution in [2.75, 3.05) is 11.9 Å². The summed E-state index contributed by atoms with van der Waals surface area (Å²) in [6.07, 6.45) is 0. The normalized spacial score (nSPS) is 11.0. The van der Waals surface area contributed by atoms with Crippen molar-refractivity contribution in [1.29, 1.82) is 0 Å². The van der Waals surface area contributed by atoms with E-state index in [0.29, 0.717) is 35.1 Å². The van der Waals surface area contributed by atoms with E-state index in [1.165, 1.54) is 17.3 Å². The summed E-state index contributed by atoms with van der Waals surface area (Å²) in [4.78, 5) is 14.8. The van der Waals surface area contributed by atoms with Crippen molar-refractivity contribution < 1.29 is 13.9 Å². The third-order valence-electron chi connectivity index (χ3n) is 3.79. The highest BCUT2D eigenvalue weighted by Crippen LogP contribution is 2.27. The quantitative estimate of drug-likeness (QED) is 0.427. The molecule has 2 heterocycles. The molecule has 2 aromatic heterocycles. The average Bonchev–Trinajstić information content (AvgIpc) is 3.30. The maximum Gasteiger partial charge on any atom is 0.374 e. The monoisotopic (exact) mass is 386 g/mol. The number of hydrogen-bond donors (Lipinski definition) is 2. The van der Waals surface area contributed by atoms with Crippen LogP contribution >= 0.6 is 11.8 Å². The molecule has 0 unspecified atom stereocenters. The van der Waals surface area contributed by atoms with Crippen LogP contribution in [0, 0.1) is 0 Å². The number of aromatic nitrogens is 3. The lowest BCUT2D eigenvalue weighted by molar-refractivity contribution is 0.0488. The molecule has 2 N–H and O–H groups in total. The standard InChI is InChI=1S/C19H22N4O3S/c1-4-25-17(24)16-10-9-13(26-16)11-27-19-21-18(22-23-19)20-15-8-6-5-7-14(15)12(2)3/h5-10,12H,4,11H2,1-3H3,(H2,20,21,22,23). The Bertz CT molecular complexity index is 904. The van der Waals surface area contributed by atoms with Gasteiger partial charge in [0.2, 0.25) is 11.7 Å². The number of anilines is 2. The molecule has 8 heteroatoms. The number of carbonyl (C=O) groups is 1. The van der Waals surface area contributed by atoms with E-state index in [4.69, 9.17) is 9.15 Å². The minimum absolute atomic E-state index is 0.206. The van der Waals surface area contributed by atoms with Crippen LogP contribution in [0.25, 0.3) is 0 Å². The number of nitrogens with zero attached hydrogens (tertiary/aromatic N) is 2. The third kappa shape index (κ3) is 4.91. The largest absolute Gasteiger partial charge is 0.460 e.